The molecule has 0 bridgehead atoms. The summed E-state index contributed by atoms with van der Waals surface area (Å²) in [7, 11) is 0. The summed E-state index contributed by atoms with van der Waals surface area (Å²) in [4.78, 5) is 0. The molecule has 0 spiro atoms. The Kier molecular flexibility index (Phi) is 3.59. The average molecular weight is 210 g/mol. The summed E-state index contributed by atoms with van der Waals surface area (Å²) in [5.74, 6) is 0.584. The minimum Gasteiger partial charge on any atom is -0.398 e. The Hall–Kier alpha value is -0.950. The number of nitrogen functional groups attached to an aromatic ring is 1. The molecule has 1 rings (SSSR count). The Morgan fingerprint density at radius 1 is 1.50 bits per heavy atom. The second-order valence-corrected chi connectivity index (χ2v) is 4.37. The van der Waals surface area contributed by atoms with E-state index < -0.39 is 0 Å². The number of allylic oxidation sites excluding steroid dienone is 1. The van der Waals surface area contributed by atoms with Crippen molar-refractivity contribution >= 4 is 22.9 Å². The summed E-state index contributed by atoms with van der Waals surface area (Å²) in [6.45, 7) is 8.35. The van der Waals surface area contributed by atoms with Crippen LogP contribution in [-0.4, -0.2) is 0 Å². The molecule has 1 aromatic rings. The lowest BCUT2D eigenvalue weighted by Gasteiger charge is -2.11. The molecule has 0 fully saturated rings. The molecule has 0 aliphatic heterocycles. The first-order valence-corrected chi connectivity index (χ1v) is 5.11. The highest BCUT2D eigenvalue weighted by atomic mass is 35.5. The van der Waals surface area contributed by atoms with E-state index in [1.807, 2.05) is 12.1 Å². The third-order valence-corrected chi connectivity index (χ3v) is 2.29. The van der Waals surface area contributed by atoms with Gasteiger partial charge in [-0.05, 0) is 36.1 Å². The summed E-state index contributed by atoms with van der Waals surface area (Å²) >= 11 is 5.90. The molecule has 0 saturated carbocycles. The lowest BCUT2D eigenvalue weighted by Crippen LogP contribution is -1.96. The van der Waals surface area contributed by atoms with Gasteiger partial charge in [0.15, 0.2) is 0 Å². The molecule has 0 radical (unpaired) electrons. The Bertz CT molecular complexity index is 342. The second kappa shape index (κ2) is 4.52. The molecule has 0 unspecified atom stereocenters. The highest BCUT2D eigenvalue weighted by Crippen LogP contribution is 2.28. The van der Waals surface area contributed by atoms with Gasteiger partial charge in [0.2, 0.25) is 0 Å². The van der Waals surface area contributed by atoms with Crippen LogP contribution in [0, 0.1) is 5.92 Å². The molecule has 0 aliphatic rings. The Balaban J connectivity index is 2.94. The minimum atomic E-state index is 0.584. The third-order valence-electron chi connectivity index (χ3n) is 2.05. The van der Waals surface area contributed by atoms with Crippen molar-refractivity contribution in [2.75, 3.05) is 5.73 Å². The maximum atomic E-state index is 5.90. The molecule has 0 aromatic heterocycles. The highest BCUT2D eigenvalue weighted by Gasteiger charge is 2.06. The van der Waals surface area contributed by atoms with Crippen LogP contribution in [0.2, 0.25) is 5.02 Å². The second-order valence-electron chi connectivity index (χ2n) is 3.93. The van der Waals surface area contributed by atoms with Gasteiger partial charge in [-0.25, -0.2) is 0 Å². The van der Waals surface area contributed by atoms with E-state index in [9.17, 15) is 0 Å². The van der Waals surface area contributed by atoms with Crippen LogP contribution in [0.1, 0.15) is 25.8 Å². The number of benzene rings is 1. The largest absolute Gasteiger partial charge is 0.398 e. The number of nitrogens with two attached hydrogens (primary N) is 1. The minimum absolute atomic E-state index is 0.584. The number of anilines is 1. The smallest absolute Gasteiger partial charge is 0.0413 e. The van der Waals surface area contributed by atoms with Gasteiger partial charge in [0.05, 0.1) is 0 Å². The third kappa shape index (κ3) is 2.78. The van der Waals surface area contributed by atoms with E-state index in [0.29, 0.717) is 10.9 Å². The van der Waals surface area contributed by atoms with Gasteiger partial charge in [-0.1, -0.05) is 32.0 Å². The van der Waals surface area contributed by atoms with E-state index in [1.54, 1.807) is 6.07 Å². The SMILES string of the molecule is C=C(CC(C)C)c1cc(Cl)ccc1N. The molecule has 2 heteroatoms. The first kappa shape index (κ1) is 11.1. The summed E-state index contributed by atoms with van der Waals surface area (Å²) < 4.78 is 0. The van der Waals surface area contributed by atoms with Crippen molar-refractivity contribution in [2.24, 2.45) is 5.92 Å². The Morgan fingerprint density at radius 2 is 2.14 bits per heavy atom. The first-order chi connectivity index (χ1) is 6.50. The zero-order valence-electron chi connectivity index (χ0n) is 8.68. The molecule has 0 amide bonds. The predicted molar refractivity (Wildman–Crippen MR) is 64.4 cm³/mol. The molecule has 1 aromatic carbocycles. The molecular weight excluding hydrogens is 194 g/mol. The monoisotopic (exact) mass is 209 g/mol. The summed E-state index contributed by atoms with van der Waals surface area (Å²) in [5.41, 5.74) is 8.63. The number of rotatable bonds is 3. The van der Waals surface area contributed by atoms with E-state index >= 15 is 0 Å². The van der Waals surface area contributed by atoms with Crippen LogP contribution >= 0.6 is 11.6 Å². The van der Waals surface area contributed by atoms with Crippen molar-refractivity contribution in [3.8, 4) is 0 Å². The van der Waals surface area contributed by atoms with Crippen molar-refractivity contribution in [1.82, 2.24) is 0 Å². The van der Waals surface area contributed by atoms with E-state index in [4.69, 9.17) is 17.3 Å². The van der Waals surface area contributed by atoms with Crippen LogP contribution in [0.4, 0.5) is 5.69 Å². The van der Waals surface area contributed by atoms with E-state index in [0.717, 1.165) is 23.2 Å². The average Bonchev–Trinajstić information content (AvgIpc) is 2.08. The molecule has 0 atom stereocenters. The van der Waals surface area contributed by atoms with E-state index in [2.05, 4.69) is 20.4 Å². The lowest BCUT2D eigenvalue weighted by molar-refractivity contribution is 0.674. The molecule has 1 nitrogen and oxygen atoms in total. The molecular formula is C12H16ClN. The van der Waals surface area contributed by atoms with Crippen molar-refractivity contribution in [3.63, 3.8) is 0 Å². The number of hydrogen-bond donors (Lipinski definition) is 1. The predicted octanol–water partition coefficient (Wildman–Crippen LogP) is 3.98. The summed E-state index contributed by atoms with van der Waals surface area (Å²) in [5, 5.41) is 0.708. The van der Waals surface area contributed by atoms with Gasteiger partial charge in [0.1, 0.15) is 0 Å². The molecule has 14 heavy (non-hydrogen) atoms. The molecule has 0 saturated heterocycles. The van der Waals surface area contributed by atoms with E-state index in [1.165, 1.54) is 0 Å². The van der Waals surface area contributed by atoms with Gasteiger partial charge in [-0.15, -0.1) is 0 Å². The Morgan fingerprint density at radius 3 is 2.71 bits per heavy atom. The van der Waals surface area contributed by atoms with Gasteiger partial charge in [-0.3, -0.25) is 0 Å². The molecule has 0 heterocycles. The first-order valence-electron chi connectivity index (χ1n) is 4.74. The molecule has 76 valence electrons. The number of halogens is 1. The van der Waals surface area contributed by atoms with Crippen LogP contribution < -0.4 is 5.73 Å². The fraction of sp³-hybridized carbons (Fsp3) is 0.333. The fourth-order valence-electron chi connectivity index (χ4n) is 1.44. The molecule has 2 N–H and O–H groups in total. The van der Waals surface area contributed by atoms with Gasteiger partial charge in [0, 0.05) is 16.3 Å². The highest BCUT2D eigenvalue weighted by molar-refractivity contribution is 6.30. The van der Waals surface area contributed by atoms with Gasteiger partial charge in [-0.2, -0.15) is 0 Å². The van der Waals surface area contributed by atoms with Crippen LogP contribution in [0.5, 0.6) is 0 Å². The summed E-state index contributed by atoms with van der Waals surface area (Å²) in [6.07, 6.45) is 0.949. The van der Waals surface area contributed by atoms with Crippen LogP contribution in [0.15, 0.2) is 24.8 Å². The van der Waals surface area contributed by atoms with Crippen molar-refractivity contribution in [1.29, 1.82) is 0 Å². The fourth-order valence-corrected chi connectivity index (χ4v) is 1.61. The van der Waals surface area contributed by atoms with Crippen molar-refractivity contribution < 1.29 is 0 Å². The quantitative estimate of drug-likeness (QED) is 0.749. The number of hydrogen-bond acceptors (Lipinski definition) is 1. The van der Waals surface area contributed by atoms with Crippen LogP contribution in [0.25, 0.3) is 5.57 Å². The van der Waals surface area contributed by atoms with Crippen molar-refractivity contribution in [2.45, 2.75) is 20.3 Å². The van der Waals surface area contributed by atoms with Crippen molar-refractivity contribution in [3.05, 3.63) is 35.4 Å². The van der Waals surface area contributed by atoms with Crippen LogP contribution in [0.3, 0.4) is 0 Å². The van der Waals surface area contributed by atoms with Gasteiger partial charge < -0.3 is 5.73 Å². The maximum Gasteiger partial charge on any atom is 0.0413 e. The Labute approximate surface area is 90.6 Å². The normalized spacial score (nSPS) is 10.6. The zero-order valence-corrected chi connectivity index (χ0v) is 9.43. The van der Waals surface area contributed by atoms with E-state index in [-0.39, 0.29) is 0 Å². The zero-order chi connectivity index (χ0) is 10.7. The topological polar surface area (TPSA) is 26.0 Å². The standard InChI is InChI=1S/C12H16ClN/c1-8(2)6-9(3)11-7-10(13)4-5-12(11)14/h4-5,7-8H,3,6,14H2,1-2H3. The van der Waals surface area contributed by atoms with Crippen LogP contribution in [-0.2, 0) is 0 Å². The molecule has 0 aliphatic carbocycles. The van der Waals surface area contributed by atoms with Gasteiger partial charge >= 0.3 is 0 Å². The lowest BCUT2D eigenvalue weighted by atomic mass is 9.97. The maximum absolute atomic E-state index is 5.90. The summed E-state index contributed by atoms with van der Waals surface area (Å²) in [6, 6.07) is 5.49. The van der Waals surface area contributed by atoms with Gasteiger partial charge in [0.25, 0.3) is 0 Å².